The number of hydrogen-bond donors (Lipinski definition) is 1. The Kier molecular flexibility index (Phi) is 3.42. The third-order valence-corrected chi connectivity index (χ3v) is 5.42. The Bertz CT molecular complexity index is 474. The van der Waals surface area contributed by atoms with E-state index in [1.54, 1.807) is 0 Å². The van der Waals surface area contributed by atoms with Crippen LogP contribution in [-0.4, -0.2) is 5.91 Å². The third-order valence-electron chi connectivity index (χ3n) is 4.89. The highest BCUT2D eigenvalue weighted by Gasteiger charge is 2.58. The zero-order valence-corrected chi connectivity index (χ0v) is 12.9. The van der Waals surface area contributed by atoms with Gasteiger partial charge in [-0.25, -0.2) is 0 Å². The number of anilines is 1. The number of rotatable bonds is 2. The summed E-state index contributed by atoms with van der Waals surface area (Å²) in [4.78, 5) is 12.3. The monoisotopic (exact) mass is 321 g/mol. The predicted octanol–water partition coefficient (Wildman–Crippen LogP) is 4.60. The number of halogens is 1. The zero-order valence-electron chi connectivity index (χ0n) is 11.3. The maximum Gasteiger partial charge on any atom is 0.228 e. The summed E-state index contributed by atoms with van der Waals surface area (Å²) in [5, 5.41) is 3.05. The van der Waals surface area contributed by atoms with Gasteiger partial charge in [0.25, 0.3) is 0 Å². The van der Waals surface area contributed by atoms with Gasteiger partial charge in [-0.05, 0) is 54.9 Å². The van der Waals surface area contributed by atoms with Crippen molar-refractivity contribution in [3.8, 4) is 0 Å². The van der Waals surface area contributed by atoms with E-state index in [0.29, 0.717) is 5.41 Å². The molecule has 0 bridgehead atoms. The van der Waals surface area contributed by atoms with Crippen molar-refractivity contribution in [2.75, 3.05) is 5.32 Å². The van der Waals surface area contributed by atoms with Crippen LogP contribution in [0.1, 0.15) is 39.0 Å². The quantitative estimate of drug-likeness (QED) is 0.847. The van der Waals surface area contributed by atoms with Crippen molar-refractivity contribution in [2.45, 2.75) is 39.0 Å². The van der Waals surface area contributed by atoms with Crippen molar-refractivity contribution in [3.05, 3.63) is 28.7 Å². The van der Waals surface area contributed by atoms with Crippen molar-refractivity contribution in [2.24, 2.45) is 17.3 Å². The second kappa shape index (κ2) is 4.93. The summed E-state index contributed by atoms with van der Waals surface area (Å²) in [6, 6.07) is 7.81. The molecule has 1 aromatic carbocycles. The first kappa shape index (κ1) is 13.2. The summed E-state index contributed by atoms with van der Waals surface area (Å²) in [5.41, 5.74) is 1.26. The number of carbonyl (C=O) groups is 1. The summed E-state index contributed by atoms with van der Waals surface area (Å²) in [5.74, 6) is 1.32. The Hall–Kier alpha value is -0.830. The van der Waals surface area contributed by atoms with Crippen LogP contribution in [0.15, 0.2) is 28.7 Å². The van der Waals surface area contributed by atoms with Crippen LogP contribution >= 0.6 is 15.9 Å². The van der Waals surface area contributed by atoms with Gasteiger partial charge in [0.1, 0.15) is 0 Å². The smallest absolute Gasteiger partial charge is 0.228 e. The van der Waals surface area contributed by atoms with Gasteiger partial charge in [0.05, 0.1) is 0 Å². The second-order valence-corrected chi connectivity index (χ2v) is 7.21. The van der Waals surface area contributed by atoms with Crippen molar-refractivity contribution in [1.29, 1.82) is 0 Å². The molecule has 0 saturated heterocycles. The SMILES string of the molecule is CC1CCC2(CC1)CC2C(=O)Nc1ccc(Br)cc1. The molecule has 0 radical (unpaired) electrons. The molecule has 1 unspecified atom stereocenters. The topological polar surface area (TPSA) is 29.1 Å². The van der Waals surface area contributed by atoms with Gasteiger partial charge in [-0.15, -0.1) is 0 Å². The molecule has 0 heterocycles. The van der Waals surface area contributed by atoms with Crippen LogP contribution < -0.4 is 5.32 Å². The Morgan fingerprint density at radius 1 is 1.26 bits per heavy atom. The summed E-state index contributed by atoms with van der Waals surface area (Å²) in [6.07, 6.45) is 6.17. The van der Waals surface area contributed by atoms with Crippen LogP contribution in [0.2, 0.25) is 0 Å². The first-order valence-electron chi connectivity index (χ1n) is 7.15. The lowest BCUT2D eigenvalue weighted by Gasteiger charge is -2.26. The fourth-order valence-electron chi connectivity index (χ4n) is 3.37. The van der Waals surface area contributed by atoms with Crippen LogP contribution in [0.25, 0.3) is 0 Å². The van der Waals surface area contributed by atoms with E-state index < -0.39 is 0 Å². The average molecular weight is 322 g/mol. The van der Waals surface area contributed by atoms with E-state index in [0.717, 1.165) is 22.5 Å². The van der Waals surface area contributed by atoms with Crippen LogP contribution in [0.3, 0.4) is 0 Å². The van der Waals surface area contributed by atoms with Gasteiger partial charge in [-0.2, -0.15) is 0 Å². The number of carbonyl (C=O) groups excluding carboxylic acids is 1. The van der Waals surface area contributed by atoms with Gasteiger partial charge in [0.15, 0.2) is 0 Å². The standard InChI is InChI=1S/C16H20BrNO/c1-11-6-8-16(9-7-11)10-14(16)15(19)18-13-4-2-12(17)3-5-13/h2-5,11,14H,6-10H2,1H3,(H,18,19). The van der Waals surface area contributed by atoms with Gasteiger partial charge < -0.3 is 5.32 Å². The molecule has 2 fully saturated rings. The van der Waals surface area contributed by atoms with E-state index in [-0.39, 0.29) is 11.8 Å². The van der Waals surface area contributed by atoms with Crippen molar-refractivity contribution in [1.82, 2.24) is 0 Å². The van der Waals surface area contributed by atoms with Gasteiger partial charge in [-0.1, -0.05) is 35.7 Å². The van der Waals surface area contributed by atoms with Gasteiger partial charge in [0, 0.05) is 16.1 Å². The van der Waals surface area contributed by atoms with E-state index in [2.05, 4.69) is 28.2 Å². The molecule has 19 heavy (non-hydrogen) atoms. The molecule has 2 aliphatic rings. The minimum atomic E-state index is 0.219. The number of amides is 1. The Balaban J connectivity index is 1.59. The molecule has 3 rings (SSSR count). The normalized spacial score (nSPS) is 33.2. The first-order valence-corrected chi connectivity index (χ1v) is 7.95. The number of nitrogens with one attached hydrogen (secondary N) is 1. The lowest BCUT2D eigenvalue weighted by atomic mass is 9.79. The largest absolute Gasteiger partial charge is 0.326 e. The zero-order chi connectivity index (χ0) is 13.5. The van der Waals surface area contributed by atoms with E-state index in [1.807, 2.05) is 24.3 Å². The van der Waals surface area contributed by atoms with Crippen LogP contribution in [-0.2, 0) is 4.79 Å². The minimum absolute atomic E-state index is 0.219. The van der Waals surface area contributed by atoms with Crippen molar-refractivity contribution in [3.63, 3.8) is 0 Å². The second-order valence-electron chi connectivity index (χ2n) is 6.30. The molecule has 0 aliphatic heterocycles. The molecule has 1 amide bonds. The van der Waals surface area contributed by atoms with Gasteiger partial charge in [0.2, 0.25) is 5.91 Å². The van der Waals surface area contributed by atoms with Crippen LogP contribution in [0, 0.1) is 17.3 Å². The summed E-state index contributed by atoms with van der Waals surface area (Å²) in [6.45, 7) is 2.33. The minimum Gasteiger partial charge on any atom is -0.326 e. The highest BCUT2D eigenvalue weighted by molar-refractivity contribution is 9.10. The Morgan fingerprint density at radius 3 is 2.53 bits per heavy atom. The Labute approximate surface area is 123 Å². The summed E-state index contributed by atoms with van der Waals surface area (Å²) < 4.78 is 1.04. The molecule has 1 atom stereocenters. The Morgan fingerprint density at radius 2 is 1.89 bits per heavy atom. The van der Waals surface area contributed by atoms with E-state index in [4.69, 9.17) is 0 Å². The van der Waals surface area contributed by atoms with E-state index >= 15 is 0 Å². The summed E-state index contributed by atoms with van der Waals surface area (Å²) in [7, 11) is 0. The van der Waals surface area contributed by atoms with E-state index in [1.165, 1.54) is 25.7 Å². The lowest BCUT2D eigenvalue weighted by molar-refractivity contribution is -0.118. The van der Waals surface area contributed by atoms with Gasteiger partial charge in [-0.3, -0.25) is 4.79 Å². The molecule has 2 nitrogen and oxygen atoms in total. The fraction of sp³-hybridized carbons (Fsp3) is 0.562. The molecule has 2 aliphatic carbocycles. The lowest BCUT2D eigenvalue weighted by Crippen LogP contribution is -2.22. The van der Waals surface area contributed by atoms with Crippen LogP contribution in [0.4, 0.5) is 5.69 Å². The highest BCUT2D eigenvalue weighted by atomic mass is 79.9. The highest BCUT2D eigenvalue weighted by Crippen LogP contribution is 2.62. The number of hydrogen-bond acceptors (Lipinski definition) is 1. The maximum atomic E-state index is 12.3. The average Bonchev–Trinajstić information content (AvgIpc) is 3.11. The fourth-order valence-corrected chi connectivity index (χ4v) is 3.63. The predicted molar refractivity (Wildman–Crippen MR) is 80.9 cm³/mol. The molecule has 3 heteroatoms. The molecule has 1 N–H and O–H groups in total. The maximum absolute atomic E-state index is 12.3. The molecular weight excluding hydrogens is 302 g/mol. The molecule has 0 aromatic heterocycles. The molecule has 1 aromatic rings. The van der Waals surface area contributed by atoms with Crippen molar-refractivity contribution >= 4 is 27.5 Å². The molecular formula is C16H20BrNO. The van der Waals surface area contributed by atoms with Gasteiger partial charge >= 0.3 is 0 Å². The summed E-state index contributed by atoms with van der Waals surface area (Å²) >= 11 is 3.40. The first-order chi connectivity index (χ1) is 9.09. The molecule has 102 valence electrons. The number of benzene rings is 1. The molecule has 1 spiro atoms. The third kappa shape index (κ3) is 2.71. The van der Waals surface area contributed by atoms with Crippen LogP contribution in [0.5, 0.6) is 0 Å². The molecule has 2 saturated carbocycles. The van der Waals surface area contributed by atoms with E-state index in [9.17, 15) is 4.79 Å². The van der Waals surface area contributed by atoms with Crippen molar-refractivity contribution < 1.29 is 4.79 Å².